The molecule has 1 N–H and O–H groups in total. The van der Waals surface area contributed by atoms with Crippen LogP contribution in [0.25, 0.3) is 0 Å². The van der Waals surface area contributed by atoms with Gasteiger partial charge in [0.2, 0.25) is 21.8 Å². The molecule has 40 heavy (non-hydrogen) atoms. The Hall–Kier alpha value is -3.65. The number of hydrogen-bond donors (Lipinski definition) is 1. The van der Waals surface area contributed by atoms with Crippen LogP contribution in [0.3, 0.4) is 0 Å². The van der Waals surface area contributed by atoms with Crippen LogP contribution >= 0.6 is 0 Å². The fraction of sp³-hybridized carbons (Fsp3) is 0.375. The lowest BCUT2D eigenvalue weighted by atomic mass is 10.00. The first-order valence-corrected chi connectivity index (χ1v) is 15.2. The third-order valence-corrected chi connectivity index (χ3v) is 7.69. The summed E-state index contributed by atoms with van der Waals surface area (Å²) in [5.41, 5.74) is 4.43. The van der Waals surface area contributed by atoms with Gasteiger partial charge in [-0.1, -0.05) is 60.7 Å². The molecule has 0 saturated carbocycles. The predicted molar refractivity (Wildman–Crippen MR) is 162 cm³/mol. The number of rotatable bonds is 10. The van der Waals surface area contributed by atoms with Crippen molar-refractivity contribution in [3.63, 3.8) is 0 Å². The lowest BCUT2D eigenvalue weighted by Gasteiger charge is -2.35. The van der Waals surface area contributed by atoms with E-state index in [1.807, 2.05) is 102 Å². The topological polar surface area (TPSA) is 86.8 Å². The van der Waals surface area contributed by atoms with Crippen molar-refractivity contribution in [1.29, 1.82) is 0 Å². The van der Waals surface area contributed by atoms with Crippen LogP contribution in [0.15, 0.2) is 72.8 Å². The molecule has 0 radical (unpaired) electrons. The molecule has 0 spiro atoms. The van der Waals surface area contributed by atoms with Gasteiger partial charge in [0.1, 0.15) is 12.6 Å². The van der Waals surface area contributed by atoms with Crippen molar-refractivity contribution < 1.29 is 18.0 Å². The summed E-state index contributed by atoms with van der Waals surface area (Å²) in [7, 11) is -3.81. The van der Waals surface area contributed by atoms with Gasteiger partial charge < -0.3 is 10.2 Å². The van der Waals surface area contributed by atoms with Gasteiger partial charge in [0.25, 0.3) is 0 Å². The summed E-state index contributed by atoms with van der Waals surface area (Å²) in [6.07, 6.45) is 1.38. The molecular formula is C32H41N3O4S. The van der Waals surface area contributed by atoms with Gasteiger partial charge in [0.05, 0.1) is 11.9 Å². The zero-order chi connectivity index (χ0) is 29.7. The molecule has 7 nitrogen and oxygen atoms in total. The smallest absolute Gasteiger partial charge is 0.244 e. The molecule has 0 aliphatic rings. The van der Waals surface area contributed by atoms with E-state index in [9.17, 15) is 18.0 Å². The number of amides is 2. The number of nitrogens with one attached hydrogen (secondary N) is 1. The Bertz CT molecular complexity index is 1430. The maximum Gasteiger partial charge on any atom is 0.244 e. The minimum Gasteiger partial charge on any atom is -0.350 e. The third kappa shape index (κ3) is 8.68. The summed E-state index contributed by atoms with van der Waals surface area (Å²) < 4.78 is 27.1. The van der Waals surface area contributed by atoms with E-state index in [4.69, 9.17) is 0 Å². The minimum atomic E-state index is -3.81. The third-order valence-electron chi connectivity index (χ3n) is 6.54. The first-order chi connectivity index (χ1) is 18.6. The van der Waals surface area contributed by atoms with Crippen molar-refractivity contribution in [2.75, 3.05) is 17.1 Å². The Kier molecular flexibility index (Phi) is 9.79. The highest BCUT2D eigenvalue weighted by molar-refractivity contribution is 7.92. The average Bonchev–Trinajstić information content (AvgIpc) is 2.83. The van der Waals surface area contributed by atoms with E-state index in [1.54, 1.807) is 12.1 Å². The van der Waals surface area contributed by atoms with Crippen LogP contribution in [-0.2, 0) is 32.6 Å². The lowest BCUT2D eigenvalue weighted by Crippen LogP contribution is -2.56. The molecule has 8 heteroatoms. The SMILES string of the molecule is Cc1cc(C)cc(N(CC(=O)N(Cc2ccccc2C)[C@H](Cc2ccccc2)C(=O)NC(C)(C)C)S(C)(=O)=O)c1. The molecule has 0 unspecified atom stereocenters. The molecule has 3 aromatic carbocycles. The second kappa shape index (κ2) is 12.7. The molecule has 0 saturated heterocycles. The first kappa shape index (κ1) is 30.9. The maximum atomic E-state index is 14.2. The maximum absolute atomic E-state index is 14.2. The summed E-state index contributed by atoms with van der Waals surface area (Å²) in [5.74, 6) is -0.756. The Labute approximate surface area is 239 Å². The minimum absolute atomic E-state index is 0.158. The van der Waals surface area contributed by atoms with Gasteiger partial charge in [-0.25, -0.2) is 8.42 Å². The molecule has 214 valence electrons. The van der Waals surface area contributed by atoms with Gasteiger partial charge in [-0.2, -0.15) is 0 Å². The quantitative estimate of drug-likeness (QED) is 0.379. The number of aryl methyl sites for hydroxylation is 3. The van der Waals surface area contributed by atoms with Gasteiger partial charge in [0.15, 0.2) is 0 Å². The van der Waals surface area contributed by atoms with Crippen LogP contribution in [-0.4, -0.2) is 49.5 Å². The summed E-state index contributed by atoms with van der Waals surface area (Å²) >= 11 is 0. The molecule has 3 aromatic rings. The Balaban J connectivity index is 2.10. The van der Waals surface area contributed by atoms with Gasteiger partial charge in [-0.15, -0.1) is 0 Å². The first-order valence-electron chi connectivity index (χ1n) is 13.4. The highest BCUT2D eigenvalue weighted by Crippen LogP contribution is 2.23. The number of anilines is 1. The predicted octanol–water partition coefficient (Wildman–Crippen LogP) is 4.93. The van der Waals surface area contributed by atoms with Crippen molar-refractivity contribution in [2.24, 2.45) is 0 Å². The average molecular weight is 564 g/mol. The fourth-order valence-corrected chi connectivity index (χ4v) is 5.52. The molecule has 1 atom stereocenters. The van der Waals surface area contributed by atoms with E-state index in [2.05, 4.69) is 5.32 Å². The molecule has 0 heterocycles. The second-order valence-electron chi connectivity index (χ2n) is 11.5. The second-order valence-corrected chi connectivity index (χ2v) is 13.4. The number of carbonyl (C=O) groups excluding carboxylic acids is 2. The highest BCUT2D eigenvalue weighted by atomic mass is 32.2. The van der Waals surface area contributed by atoms with Crippen molar-refractivity contribution in [1.82, 2.24) is 10.2 Å². The van der Waals surface area contributed by atoms with E-state index >= 15 is 0 Å². The van der Waals surface area contributed by atoms with Crippen LogP contribution in [0.2, 0.25) is 0 Å². The lowest BCUT2D eigenvalue weighted by molar-refractivity contribution is -0.140. The van der Waals surface area contributed by atoms with Crippen LogP contribution in [0.5, 0.6) is 0 Å². The monoisotopic (exact) mass is 563 g/mol. The molecule has 3 rings (SSSR count). The van der Waals surface area contributed by atoms with Crippen molar-refractivity contribution >= 4 is 27.5 Å². The van der Waals surface area contributed by atoms with E-state index in [-0.39, 0.29) is 18.9 Å². The Morgan fingerprint density at radius 3 is 2.00 bits per heavy atom. The van der Waals surface area contributed by atoms with E-state index in [1.165, 1.54) is 4.90 Å². The van der Waals surface area contributed by atoms with Gasteiger partial charge in [0, 0.05) is 18.5 Å². The van der Waals surface area contributed by atoms with Crippen LogP contribution < -0.4 is 9.62 Å². The summed E-state index contributed by atoms with van der Waals surface area (Å²) in [6.45, 7) is 11.1. The highest BCUT2D eigenvalue weighted by Gasteiger charge is 2.34. The molecule has 0 aliphatic carbocycles. The van der Waals surface area contributed by atoms with Crippen LogP contribution in [0.4, 0.5) is 5.69 Å². The number of sulfonamides is 1. The zero-order valence-electron chi connectivity index (χ0n) is 24.6. The summed E-state index contributed by atoms with van der Waals surface area (Å²) in [5, 5.41) is 3.04. The van der Waals surface area contributed by atoms with Crippen molar-refractivity contribution in [3.8, 4) is 0 Å². The summed E-state index contributed by atoms with van der Waals surface area (Å²) in [6, 6.07) is 21.8. The Morgan fingerprint density at radius 1 is 0.875 bits per heavy atom. The molecule has 0 fully saturated rings. The largest absolute Gasteiger partial charge is 0.350 e. The normalized spacial score (nSPS) is 12.5. The van der Waals surface area contributed by atoms with Crippen molar-refractivity contribution in [2.45, 2.75) is 66.1 Å². The van der Waals surface area contributed by atoms with Crippen LogP contribution in [0.1, 0.15) is 48.6 Å². The molecule has 0 bridgehead atoms. The van der Waals surface area contributed by atoms with E-state index < -0.39 is 34.1 Å². The molecule has 0 aromatic heterocycles. The van der Waals surface area contributed by atoms with Gasteiger partial charge in [-0.3, -0.25) is 13.9 Å². The fourth-order valence-electron chi connectivity index (χ4n) is 4.69. The molecule has 2 amide bonds. The van der Waals surface area contributed by atoms with E-state index in [0.29, 0.717) is 5.69 Å². The number of carbonyl (C=O) groups is 2. The summed E-state index contributed by atoms with van der Waals surface area (Å²) in [4.78, 5) is 29.5. The van der Waals surface area contributed by atoms with Gasteiger partial charge in [-0.05, 0) is 81.5 Å². The zero-order valence-corrected chi connectivity index (χ0v) is 25.4. The number of hydrogen-bond acceptors (Lipinski definition) is 4. The standard InChI is InChI=1S/C32H41N3O4S/c1-23-17-24(2)19-28(18-23)35(40(7,38)39)22-30(36)34(21-27-16-12-11-13-25(27)3)29(31(37)33-32(4,5)6)20-26-14-9-8-10-15-26/h8-19,29H,20-22H2,1-7H3,(H,33,37)/t29-/m1/s1. The van der Waals surface area contributed by atoms with Crippen molar-refractivity contribution in [3.05, 3.63) is 101 Å². The van der Waals surface area contributed by atoms with Gasteiger partial charge >= 0.3 is 0 Å². The van der Waals surface area contributed by atoms with Crippen LogP contribution in [0, 0.1) is 20.8 Å². The Morgan fingerprint density at radius 2 is 1.45 bits per heavy atom. The number of benzene rings is 3. The number of nitrogens with zero attached hydrogens (tertiary/aromatic N) is 2. The van der Waals surface area contributed by atoms with E-state index in [0.717, 1.165) is 38.4 Å². The molecular weight excluding hydrogens is 522 g/mol. The molecule has 0 aliphatic heterocycles.